The molecule has 5 heteroatoms. The van der Waals surface area contributed by atoms with Crippen molar-refractivity contribution >= 4 is 0 Å². The number of halogens is 3. The maximum Gasteiger partial charge on any atom is 0.416 e. The van der Waals surface area contributed by atoms with Gasteiger partial charge in [0.05, 0.1) is 17.2 Å². The highest BCUT2D eigenvalue weighted by molar-refractivity contribution is 5.36. The summed E-state index contributed by atoms with van der Waals surface area (Å²) >= 11 is 0. The fourth-order valence-electron chi connectivity index (χ4n) is 2.65. The van der Waals surface area contributed by atoms with Gasteiger partial charge in [0.15, 0.2) is 0 Å². The first-order valence-corrected chi connectivity index (χ1v) is 6.29. The summed E-state index contributed by atoms with van der Waals surface area (Å²) in [6.45, 7) is 1.66. The van der Waals surface area contributed by atoms with E-state index in [1.165, 1.54) is 6.07 Å². The molecule has 0 aromatic heterocycles. The monoisotopic (exact) mass is 273 g/mol. The van der Waals surface area contributed by atoms with Crippen LogP contribution >= 0.6 is 0 Å². The minimum Gasteiger partial charge on any atom is -0.376 e. The summed E-state index contributed by atoms with van der Waals surface area (Å²) in [5.41, 5.74) is 6.44. The van der Waals surface area contributed by atoms with E-state index in [1.54, 1.807) is 14.0 Å². The first-order chi connectivity index (χ1) is 8.80. The topological polar surface area (TPSA) is 35.2 Å². The number of hydrogen-bond acceptors (Lipinski definition) is 2. The lowest BCUT2D eigenvalue weighted by Gasteiger charge is -2.45. The van der Waals surface area contributed by atoms with Crippen molar-refractivity contribution in [1.82, 2.24) is 0 Å². The average molecular weight is 273 g/mol. The highest BCUT2D eigenvalue weighted by atomic mass is 19.4. The fraction of sp³-hybridized carbons (Fsp3) is 0.571. The summed E-state index contributed by atoms with van der Waals surface area (Å²) in [7, 11) is 1.61. The van der Waals surface area contributed by atoms with E-state index in [-0.39, 0.29) is 6.04 Å². The maximum atomic E-state index is 12.6. The van der Waals surface area contributed by atoms with Gasteiger partial charge in [-0.15, -0.1) is 0 Å². The largest absolute Gasteiger partial charge is 0.416 e. The Bertz CT molecular complexity index is 461. The average Bonchev–Trinajstić information content (AvgIpc) is 2.26. The van der Waals surface area contributed by atoms with Gasteiger partial charge in [0, 0.05) is 7.11 Å². The standard InChI is InChI=1S/C14H18F3NO/c1-9-8-10(14(15,16)17)4-5-11(9)12(18)13(19-2)6-3-7-13/h4-5,8,12H,3,6-7,18H2,1-2H3. The number of methoxy groups -OCH3 is 1. The van der Waals surface area contributed by atoms with E-state index in [9.17, 15) is 13.2 Å². The van der Waals surface area contributed by atoms with E-state index < -0.39 is 17.3 Å². The van der Waals surface area contributed by atoms with Crippen LogP contribution in [-0.2, 0) is 10.9 Å². The molecule has 0 heterocycles. The van der Waals surface area contributed by atoms with Crippen molar-refractivity contribution in [2.45, 2.75) is 44.0 Å². The Morgan fingerprint density at radius 2 is 1.95 bits per heavy atom. The van der Waals surface area contributed by atoms with Crippen LogP contribution in [0.2, 0.25) is 0 Å². The number of nitrogens with two attached hydrogens (primary N) is 1. The molecule has 1 aliphatic carbocycles. The Hall–Kier alpha value is -1.07. The van der Waals surface area contributed by atoms with Gasteiger partial charge in [-0.05, 0) is 49.4 Å². The van der Waals surface area contributed by atoms with Gasteiger partial charge >= 0.3 is 6.18 Å². The van der Waals surface area contributed by atoms with Gasteiger partial charge in [-0.3, -0.25) is 0 Å². The van der Waals surface area contributed by atoms with Crippen LogP contribution in [0.5, 0.6) is 0 Å². The summed E-state index contributed by atoms with van der Waals surface area (Å²) in [6, 6.07) is 3.33. The van der Waals surface area contributed by atoms with Gasteiger partial charge < -0.3 is 10.5 Å². The molecule has 2 nitrogen and oxygen atoms in total. The van der Waals surface area contributed by atoms with Crippen LogP contribution in [0.25, 0.3) is 0 Å². The van der Waals surface area contributed by atoms with Gasteiger partial charge in [0.1, 0.15) is 0 Å². The van der Waals surface area contributed by atoms with Gasteiger partial charge in [0.2, 0.25) is 0 Å². The molecular weight excluding hydrogens is 255 g/mol. The SMILES string of the molecule is COC1(C(N)c2ccc(C(F)(F)F)cc2C)CCC1. The number of hydrogen-bond donors (Lipinski definition) is 1. The number of rotatable bonds is 3. The molecular formula is C14H18F3NO. The van der Waals surface area contributed by atoms with Crippen LogP contribution in [0.4, 0.5) is 13.2 Å². The summed E-state index contributed by atoms with van der Waals surface area (Å²) in [4.78, 5) is 0. The number of benzene rings is 1. The first-order valence-electron chi connectivity index (χ1n) is 6.29. The zero-order valence-electron chi connectivity index (χ0n) is 11.1. The Morgan fingerprint density at radius 1 is 1.32 bits per heavy atom. The molecule has 1 unspecified atom stereocenters. The first kappa shape index (κ1) is 14.3. The Kier molecular flexibility index (Phi) is 3.62. The molecule has 1 atom stereocenters. The number of alkyl halides is 3. The zero-order valence-corrected chi connectivity index (χ0v) is 11.1. The van der Waals surface area contributed by atoms with E-state index in [4.69, 9.17) is 10.5 Å². The van der Waals surface area contributed by atoms with Crippen molar-refractivity contribution in [3.05, 3.63) is 34.9 Å². The van der Waals surface area contributed by atoms with Crippen LogP contribution in [-0.4, -0.2) is 12.7 Å². The molecule has 1 fully saturated rings. The molecule has 19 heavy (non-hydrogen) atoms. The third kappa shape index (κ3) is 2.49. The van der Waals surface area contributed by atoms with E-state index in [0.29, 0.717) is 5.56 Å². The van der Waals surface area contributed by atoms with Gasteiger partial charge in [-0.1, -0.05) is 6.07 Å². The van der Waals surface area contributed by atoms with Crippen molar-refractivity contribution in [2.24, 2.45) is 5.73 Å². The van der Waals surface area contributed by atoms with Crippen LogP contribution in [0, 0.1) is 6.92 Å². The van der Waals surface area contributed by atoms with Gasteiger partial charge in [-0.2, -0.15) is 13.2 Å². The van der Waals surface area contributed by atoms with Gasteiger partial charge in [0.25, 0.3) is 0 Å². The summed E-state index contributed by atoms with van der Waals surface area (Å²) in [6.07, 6.45) is -1.57. The van der Waals surface area contributed by atoms with E-state index in [2.05, 4.69) is 0 Å². The third-order valence-corrected chi connectivity index (χ3v) is 4.11. The molecule has 2 rings (SSSR count). The zero-order chi connectivity index (χ0) is 14.3. The highest BCUT2D eigenvalue weighted by Crippen LogP contribution is 2.44. The van der Waals surface area contributed by atoms with Crippen molar-refractivity contribution in [3.8, 4) is 0 Å². The predicted octanol–water partition coefficient (Wildman–Crippen LogP) is 3.58. The molecule has 0 spiro atoms. The molecule has 2 N–H and O–H groups in total. The smallest absolute Gasteiger partial charge is 0.376 e. The molecule has 0 bridgehead atoms. The van der Waals surface area contributed by atoms with Crippen LogP contribution in [0.1, 0.15) is 42.0 Å². The molecule has 1 saturated carbocycles. The highest BCUT2D eigenvalue weighted by Gasteiger charge is 2.44. The third-order valence-electron chi connectivity index (χ3n) is 4.11. The van der Waals surface area contributed by atoms with Crippen molar-refractivity contribution < 1.29 is 17.9 Å². The lowest BCUT2D eigenvalue weighted by Crippen LogP contribution is -2.48. The minimum absolute atomic E-state index is 0.381. The lowest BCUT2D eigenvalue weighted by atomic mass is 9.72. The predicted molar refractivity (Wildman–Crippen MR) is 66.7 cm³/mol. The fourth-order valence-corrected chi connectivity index (χ4v) is 2.65. The van der Waals surface area contributed by atoms with Crippen LogP contribution in [0.15, 0.2) is 18.2 Å². The molecule has 1 aromatic rings. The quantitative estimate of drug-likeness (QED) is 0.913. The summed E-state index contributed by atoms with van der Waals surface area (Å²) < 4.78 is 43.4. The second kappa shape index (κ2) is 4.80. The molecule has 106 valence electrons. The van der Waals surface area contributed by atoms with Crippen LogP contribution in [0.3, 0.4) is 0 Å². The number of ether oxygens (including phenoxy) is 1. The normalized spacial score (nSPS) is 19.9. The van der Waals surface area contributed by atoms with Crippen LogP contribution < -0.4 is 5.73 Å². The minimum atomic E-state index is -4.32. The molecule has 0 aliphatic heterocycles. The number of aryl methyl sites for hydroxylation is 1. The molecule has 0 saturated heterocycles. The Labute approximate surface area is 110 Å². The Balaban J connectivity index is 2.31. The summed E-state index contributed by atoms with van der Waals surface area (Å²) in [5, 5.41) is 0. The lowest BCUT2D eigenvalue weighted by molar-refractivity contribution is -0.137. The second-order valence-corrected chi connectivity index (χ2v) is 5.17. The summed E-state index contributed by atoms with van der Waals surface area (Å²) in [5.74, 6) is 0. The van der Waals surface area contributed by atoms with E-state index in [1.807, 2.05) is 0 Å². The van der Waals surface area contributed by atoms with Crippen molar-refractivity contribution in [1.29, 1.82) is 0 Å². The molecule has 1 aromatic carbocycles. The van der Waals surface area contributed by atoms with E-state index >= 15 is 0 Å². The van der Waals surface area contributed by atoms with E-state index in [0.717, 1.165) is 37.0 Å². The maximum absolute atomic E-state index is 12.6. The second-order valence-electron chi connectivity index (χ2n) is 5.17. The molecule has 0 radical (unpaired) electrons. The molecule has 1 aliphatic rings. The Morgan fingerprint density at radius 3 is 2.32 bits per heavy atom. The van der Waals surface area contributed by atoms with Gasteiger partial charge in [-0.25, -0.2) is 0 Å². The molecule has 0 amide bonds. The van der Waals surface area contributed by atoms with Crippen molar-refractivity contribution in [3.63, 3.8) is 0 Å². The van der Waals surface area contributed by atoms with Crippen molar-refractivity contribution in [2.75, 3.05) is 7.11 Å².